The lowest BCUT2D eigenvalue weighted by Crippen LogP contribution is -2.58. The maximum Gasteiger partial charge on any atom is 0.410 e. The van der Waals surface area contributed by atoms with E-state index >= 15 is 0 Å². The Morgan fingerprint density at radius 1 is 0.930 bits per heavy atom. The molecule has 0 saturated carbocycles. The van der Waals surface area contributed by atoms with Crippen LogP contribution in [-0.4, -0.2) is 71.5 Å². The number of halogens is 3. The molecule has 4 amide bonds. The van der Waals surface area contributed by atoms with E-state index in [4.69, 9.17) is 32.7 Å². The van der Waals surface area contributed by atoms with E-state index in [9.17, 15) is 18.8 Å². The quantitative estimate of drug-likeness (QED) is 0.342. The van der Waals surface area contributed by atoms with Crippen LogP contribution in [0.1, 0.15) is 24.0 Å². The summed E-state index contributed by atoms with van der Waals surface area (Å²) < 4.78 is 24.8. The smallest absolute Gasteiger partial charge is 0.410 e. The zero-order valence-corrected chi connectivity index (χ0v) is 24.8. The molecule has 0 aromatic heterocycles. The molecule has 5 rings (SSSR count). The van der Waals surface area contributed by atoms with Crippen LogP contribution < -0.4 is 10.1 Å². The molecule has 226 valence electrons. The van der Waals surface area contributed by atoms with E-state index in [1.807, 2.05) is 35.2 Å². The number of benzene rings is 3. The Morgan fingerprint density at radius 2 is 1.70 bits per heavy atom. The summed E-state index contributed by atoms with van der Waals surface area (Å²) in [5.74, 6) is 0.00618. The molecule has 12 heteroatoms. The zero-order chi connectivity index (χ0) is 30.3. The lowest BCUT2D eigenvalue weighted by atomic mass is 10.0. The normalized spacial score (nSPS) is 15.8. The average molecular weight is 630 g/mol. The first kappa shape index (κ1) is 30.4. The van der Waals surface area contributed by atoms with Gasteiger partial charge in [-0.1, -0.05) is 59.6 Å². The molecule has 3 aromatic rings. The van der Waals surface area contributed by atoms with Gasteiger partial charge in [0.15, 0.2) is 0 Å². The largest absolute Gasteiger partial charge is 0.457 e. The fraction of sp³-hybridized carbons (Fsp3) is 0.323. The van der Waals surface area contributed by atoms with E-state index in [0.29, 0.717) is 61.1 Å². The number of likely N-dealkylation sites (tertiary alicyclic amines) is 1. The van der Waals surface area contributed by atoms with E-state index in [0.717, 1.165) is 5.56 Å². The Balaban J connectivity index is 1.09. The topological polar surface area (TPSA) is 91.4 Å². The molecule has 0 aliphatic carbocycles. The van der Waals surface area contributed by atoms with Gasteiger partial charge in [-0.3, -0.25) is 4.79 Å². The van der Waals surface area contributed by atoms with E-state index in [-0.39, 0.29) is 48.8 Å². The highest BCUT2D eigenvalue weighted by Crippen LogP contribution is 2.31. The summed E-state index contributed by atoms with van der Waals surface area (Å²) >= 11 is 12.0. The highest BCUT2D eigenvalue weighted by Gasteiger charge is 2.34. The summed E-state index contributed by atoms with van der Waals surface area (Å²) in [6, 6.07) is 18.1. The third-order valence-electron chi connectivity index (χ3n) is 7.49. The average Bonchev–Trinajstić information content (AvgIpc) is 3.01. The summed E-state index contributed by atoms with van der Waals surface area (Å²) in [7, 11) is 0. The Hall–Kier alpha value is -4.02. The maximum atomic E-state index is 13.5. The lowest BCUT2D eigenvalue weighted by Gasteiger charge is -2.42. The molecule has 3 aromatic carbocycles. The van der Waals surface area contributed by atoms with Gasteiger partial charge in [0.25, 0.3) is 0 Å². The SMILES string of the molecule is O=C(NCc1ccc(Cl)cc1Oc1ccc(F)c(Cl)c1)N1CCN(C2CCN(C(=O)OCc3ccccc3)CC2)C(=O)C1. The standard InChI is InChI=1S/C31H31Cl2FN4O5/c32-23-7-6-22(28(16-23)43-25-8-9-27(34)26(33)17-25)18-35-30(40)37-14-15-38(29(39)19-37)24-10-12-36(13-11-24)31(41)42-20-21-4-2-1-3-5-21/h1-9,16-17,24H,10-15,18-20H2,(H,35,40). The van der Waals surface area contributed by atoms with Crippen LogP contribution in [-0.2, 0) is 22.7 Å². The van der Waals surface area contributed by atoms with Crippen molar-refractivity contribution in [2.24, 2.45) is 0 Å². The number of urea groups is 1. The molecular formula is C31H31Cl2FN4O5. The molecule has 1 N–H and O–H groups in total. The predicted octanol–water partition coefficient (Wildman–Crippen LogP) is 6.08. The number of carbonyl (C=O) groups excluding carboxylic acids is 3. The number of hydrogen-bond donors (Lipinski definition) is 1. The van der Waals surface area contributed by atoms with Crippen LogP contribution >= 0.6 is 23.2 Å². The number of nitrogens with one attached hydrogen (secondary N) is 1. The summed E-state index contributed by atoms with van der Waals surface area (Å²) in [5.41, 5.74) is 1.56. The van der Waals surface area contributed by atoms with Crippen molar-refractivity contribution in [1.29, 1.82) is 0 Å². The van der Waals surface area contributed by atoms with E-state index in [2.05, 4.69) is 5.32 Å². The molecule has 0 atom stereocenters. The number of nitrogens with zero attached hydrogens (tertiary/aromatic N) is 3. The van der Waals surface area contributed by atoms with Crippen LogP contribution in [0.3, 0.4) is 0 Å². The fourth-order valence-electron chi connectivity index (χ4n) is 5.14. The third kappa shape index (κ3) is 7.88. The molecule has 0 bridgehead atoms. The van der Waals surface area contributed by atoms with Gasteiger partial charge in [0.2, 0.25) is 5.91 Å². The van der Waals surface area contributed by atoms with Gasteiger partial charge in [0.05, 0.1) is 5.02 Å². The van der Waals surface area contributed by atoms with Gasteiger partial charge in [0.1, 0.15) is 30.5 Å². The van der Waals surface area contributed by atoms with Crippen LogP contribution in [0, 0.1) is 5.82 Å². The van der Waals surface area contributed by atoms with Crippen molar-refractivity contribution in [1.82, 2.24) is 20.0 Å². The van der Waals surface area contributed by atoms with Crippen molar-refractivity contribution >= 4 is 41.2 Å². The van der Waals surface area contributed by atoms with Gasteiger partial charge in [-0.25, -0.2) is 14.0 Å². The van der Waals surface area contributed by atoms with E-state index in [1.165, 1.54) is 23.1 Å². The molecule has 2 aliphatic heterocycles. The minimum Gasteiger partial charge on any atom is -0.457 e. The monoisotopic (exact) mass is 628 g/mol. The molecule has 0 radical (unpaired) electrons. The molecule has 2 saturated heterocycles. The second kappa shape index (κ2) is 14.0. The number of rotatable bonds is 7. The second-order valence-electron chi connectivity index (χ2n) is 10.4. The molecule has 2 fully saturated rings. The van der Waals surface area contributed by atoms with Gasteiger partial charge in [-0.05, 0) is 42.7 Å². The van der Waals surface area contributed by atoms with Gasteiger partial charge in [0, 0.05) is 55.4 Å². The molecule has 9 nitrogen and oxygen atoms in total. The van der Waals surface area contributed by atoms with Crippen molar-refractivity contribution in [3.8, 4) is 11.5 Å². The van der Waals surface area contributed by atoms with E-state index < -0.39 is 5.82 Å². The van der Waals surface area contributed by atoms with Crippen molar-refractivity contribution in [2.75, 3.05) is 32.7 Å². The molecule has 2 heterocycles. The Labute approximate surface area is 259 Å². The van der Waals surface area contributed by atoms with Crippen molar-refractivity contribution in [3.05, 3.63) is 93.7 Å². The van der Waals surface area contributed by atoms with Crippen LogP contribution in [0.25, 0.3) is 0 Å². The van der Waals surface area contributed by atoms with Gasteiger partial charge >= 0.3 is 12.1 Å². The van der Waals surface area contributed by atoms with Crippen molar-refractivity contribution < 1.29 is 28.2 Å². The number of piperidine rings is 1. The predicted molar refractivity (Wildman–Crippen MR) is 160 cm³/mol. The number of carbonyl (C=O) groups is 3. The number of ether oxygens (including phenoxy) is 2. The number of hydrogen-bond acceptors (Lipinski definition) is 5. The van der Waals surface area contributed by atoms with Crippen LogP contribution in [0.2, 0.25) is 10.0 Å². The summed E-state index contributed by atoms with van der Waals surface area (Å²) in [4.78, 5) is 43.5. The summed E-state index contributed by atoms with van der Waals surface area (Å²) in [5, 5.41) is 3.19. The highest BCUT2D eigenvalue weighted by atomic mass is 35.5. The maximum absolute atomic E-state index is 13.5. The molecule has 2 aliphatic rings. The van der Waals surface area contributed by atoms with Gasteiger partial charge in [-0.2, -0.15) is 0 Å². The van der Waals surface area contributed by atoms with Crippen LogP contribution in [0.5, 0.6) is 11.5 Å². The molecule has 0 spiro atoms. The van der Waals surface area contributed by atoms with Crippen LogP contribution in [0.4, 0.5) is 14.0 Å². The Kier molecular flexibility index (Phi) is 9.89. The van der Waals surface area contributed by atoms with Crippen LogP contribution in [0.15, 0.2) is 66.7 Å². The first-order valence-electron chi connectivity index (χ1n) is 14.0. The van der Waals surface area contributed by atoms with Gasteiger partial charge < -0.3 is 29.5 Å². The van der Waals surface area contributed by atoms with Crippen molar-refractivity contribution in [3.63, 3.8) is 0 Å². The molecular weight excluding hydrogens is 598 g/mol. The first-order valence-corrected chi connectivity index (χ1v) is 14.7. The third-order valence-corrected chi connectivity index (χ3v) is 8.02. The minimum atomic E-state index is -0.563. The summed E-state index contributed by atoms with van der Waals surface area (Å²) in [6.45, 7) is 2.10. The highest BCUT2D eigenvalue weighted by molar-refractivity contribution is 6.31. The molecule has 0 unspecified atom stereocenters. The summed E-state index contributed by atoms with van der Waals surface area (Å²) in [6.07, 6.45) is 0.944. The molecule has 43 heavy (non-hydrogen) atoms. The Morgan fingerprint density at radius 3 is 2.42 bits per heavy atom. The number of amides is 4. The van der Waals surface area contributed by atoms with E-state index in [1.54, 1.807) is 23.1 Å². The second-order valence-corrected chi connectivity index (χ2v) is 11.2. The minimum absolute atomic E-state index is 0.00428. The first-order chi connectivity index (χ1) is 20.8. The van der Waals surface area contributed by atoms with Crippen molar-refractivity contribution in [2.45, 2.75) is 32.0 Å². The zero-order valence-electron chi connectivity index (χ0n) is 23.3. The Bertz CT molecular complexity index is 1470. The van der Waals surface area contributed by atoms with Gasteiger partial charge in [-0.15, -0.1) is 0 Å². The number of piperazine rings is 1. The fourth-order valence-corrected chi connectivity index (χ4v) is 5.47. The lowest BCUT2D eigenvalue weighted by molar-refractivity contribution is -0.138.